The van der Waals surface area contributed by atoms with Gasteiger partial charge in [0.2, 0.25) is 0 Å². The minimum atomic E-state index is -0.110. The normalized spacial score (nSPS) is 12.9. The van der Waals surface area contributed by atoms with Crippen molar-refractivity contribution < 1.29 is 0 Å². The van der Waals surface area contributed by atoms with Crippen LogP contribution in [-0.4, -0.2) is 4.57 Å². The first-order valence-corrected chi connectivity index (χ1v) is 21.6. The highest BCUT2D eigenvalue weighted by Gasteiger charge is 2.36. The van der Waals surface area contributed by atoms with Crippen LogP contribution in [0.1, 0.15) is 36.1 Å². The maximum atomic E-state index is 2.44. The molecule has 3 nitrogen and oxygen atoms in total. The van der Waals surface area contributed by atoms with Gasteiger partial charge in [0, 0.05) is 44.6 Å². The lowest BCUT2D eigenvalue weighted by Crippen LogP contribution is -2.30. The topological polar surface area (TPSA) is 11.4 Å². The van der Waals surface area contributed by atoms with Crippen molar-refractivity contribution in [3.63, 3.8) is 0 Å². The zero-order valence-electron chi connectivity index (χ0n) is 35.5. The van der Waals surface area contributed by atoms with Crippen LogP contribution in [0.2, 0.25) is 0 Å². The molecular weight excluding hydrogens is 751 g/mol. The summed E-state index contributed by atoms with van der Waals surface area (Å²) in [5.41, 5.74) is 20.3. The minimum Gasteiger partial charge on any atom is -0.310 e. The SMILES string of the molecule is Cc1ccc(N(c2ccc(C)cc2)c2cccc(-c3ccc4c(c3)c3cc(-c5cccc(N6c7ccccc7C(C)(C)c7ccccc76)c5)ccc3n4-c3ccccc3)c2)cc1. The summed E-state index contributed by atoms with van der Waals surface area (Å²) in [6, 6.07) is 78.1. The van der Waals surface area contributed by atoms with Gasteiger partial charge in [-0.25, -0.2) is 0 Å². The third-order valence-electron chi connectivity index (χ3n) is 12.9. The Morgan fingerprint density at radius 1 is 0.371 bits per heavy atom. The lowest BCUT2D eigenvalue weighted by Gasteiger charge is -2.42. The van der Waals surface area contributed by atoms with Crippen LogP contribution in [0.5, 0.6) is 0 Å². The first kappa shape index (κ1) is 37.4. The molecule has 0 fully saturated rings. The van der Waals surface area contributed by atoms with Crippen molar-refractivity contribution in [1.29, 1.82) is 0 Å². The molecule has 0 saturated carbocycles. The van der Waals surface area contributed by atoms with Crippen molar-refractivity contribution in [2.75, 3.05) is 9.80 Å². The highest BCUT2D eigenvalue weighted by Crippen LogP contribution is 2.52. The van der Waals surface area contributed by atoms with E-state index in [0.29, 0.717) is 0 Å². The Labute approximate surface area is 364 Å². The molecule has 1 aromatic heterocycles. The lowest BCUT2D eigenvalue weighted by atomic mass is 9.73. The summed E-state index contributed by atoms with van der Waals surface area (Å²) in [6.45, 7) is 8.96. The van der Waals surface area contributed by atoms with Gasteiger partial charge in [0.1, 0.15) is 0 Å². The third kappa shape index (κ3) is 6.28. The van der Waals surface area contributed by atoms with Crippen molar-refractivity contribution in [2.45, 2.75) is 33.1 Å². The Hall–Kier alpha value is -7.62. The number of hydrogen-bond acceptors (Lipinski definition) is 2. The first-order valence-electron chi connectivity index (χ1n) is 21.6. The molecule has 2 heterocycles. The summed E-state index contributed by atoms with van der Waals surface area (Å²) in [6.07, 6.45) is 0. The highest BCUT2D eigenvalue weighted by atomic mass is 15.2. The Kier molecular flexibility index (Phi) is 8.94. The average molecular weight is 798 g/mol. The van der Waals surface area contributed by atoms with Gasteiger partial charge >= 0.3 is 0 Å². The Morgan fingerprint density at radius 3 is 1.40 bits per heavy atom. The molecule has 0 bridgehead atoms. The maximum Gasteiger partial charge on any atom is 0.0541 e. The number of aryl methyl sites for hydroxylation is 2. The smallest absolute Gasteiger partial charge is 0.0541 e. The van der Waals surface area contributed by atoms with E-state index in [1.807, 2.05) is 0 Å². The summed E-state index contributed by atoms with van der Waals surface area (Å²) < 4.78 is 2.41. The van der Waals surface area contributed by atoms with Gasteiger partial charge in [-0.1, -0.05) is 140 Å². The molecule has 3 heteroatoms. The first-order chi connectivity index (χ1) is 30.3. The van der Waals surface area contributed by atoms with Gasteiger partial charge in [-0.2, -0.15) is 0 Å². The van der Waals surface area contributed by atoms with Crippen molar-refractivity contribution in [1.82, 2.24) is 4.57 Å². The molecule has 0 N–H and O–H groups in total. The molecule has 1 aliphatic heterocycles. The fraction of sp³-hybridized carbons (Fsp3) is 0.0847. The van der Waals surface area contributed by atoms with Gasteiger partial charge in [0.05, 0.1) is 22.4 Å². The largest absolute Gasteiger partial charge is 0.310 e. The van der Waals surface area contributed by atoms with Crippen LogP contribution in [0, 0.1) is 13.8 Å². The van der Waals surface area contributed by atoms with Crippen LogP contribution in [0.25, 0.3) is 49.7 Å². The standard InChI is InChI=1S/C59H47N3/c1-40-24-30-47(31-25-40)60(48-32-26-41(2)27-33-48)49-18-12-14-42(36-49)44-28-34-55-51(38-44)52-39-45(29-35-56(52)61(55)46-16-6-5-7-17-46)43-15-13-19-50(37-43)62-57-22-10-8-20-53(57)59(3,4)54-21-9-11-23-58(54)62/h5-39H,1-4H3. The van der Waals surface area contributed by atoms with Gasteiger partial charge in [0.15, 0.2) is 0 Å². The van der Waals surface area contributed by atoms with E-state index in [2.05, 4.69) is 254 Å². The summed E-state index contributed by atoms with van der Waals surface area (Å²) in [7, 11) is 0. The molecule has 0 amide bonds. The molecule has 0 saturated heterocycles. The van der Waals surface area contributed by atoms with E-state index in [1.54, 1.807) is 0 Å². The molecule has 62 heavy (non-hydrogen) atoms. The van der Waals surface area contributed by atoms with Crippen molar-refractivity contribution in [3.8, 4) is 27.9 Å². The van der Waals surface area contributed by atoms with E-state index in [9.17, 15) is 0 Å². The molecular formula is C59H47N3. The lowest BCUT2D eigenvalue weighted by molar-refractivity contribution is 0.632. The second kappa shape index (κ2) is 14.8. The zero-order valence-corrected chi connectivity index (χ0v) is 35.5. The van der Waals surface area contributed by atoms with Crippen molar-refractivity contribution >= 4 is 55.9 Å². The van der Waals surface area contributed by atoms with Gasteiger partial charge in [-0.3, -0.25) is 0 Å². The zero-order chi connectivity index (χ0) is 42.0. The number of rotatable bonds is 7. The predicted octanol–water partition coefficient (Wildman–Crippen LogP) is 16.3. The van der Waals surface area contributed by atoms with Crippen LogP contribution in [0.15, 0.2) is 212 Å². The number of benzene rings is 9. The monoisotopic (exact) mass is 797 g/mol. The minimum absolute atomic E-state index is 0.110. The van der Waals surface area contributed by atoms with Crippen LogP contribution in [0.4, 0.5) is 34.1 Å². The van der Waals surface area contributed by atoms with Crippen LogP contribution >= 0.6 is 0 Å². The summed E-state index contributed by atoms with van der Waals surface area (Å²) in [5.74, 6) is 0. The fourth-order valence-corrected chi connectivity index (χ4v) is 9.67. The summed E-state index contributed by atoms with van der Waals surface area (Å²) >= 11 is 0. The second-order valence-corrected chi connectivity index (χ2v) is 17.2. The molecule has 0 atom stereocenters. The van der Waals surface area contributed by atoms with Gasteiger partial charge in [0.25, 0.3) is 0 Å². The Balaban J connectivity index is 1.05. The Morgan fingerprint density at radius 2 is 0.839 bits per heavy atom. The highest BCUT2D eigenvalue weighted by molar-refractivity contribution is 6.12. The molecule has 298 valence electrons. The summed E-state index contributed by atoms with van der Waals surface area (Å²) in [4.78, 5) is 4.79. The van der Waals surface area contributed by atoms with Crippen molar-refractivity contribution in [3.05, 3.63) is 235 Å². The number of fused-ring (bicyclic) bond motifs is 5. The van der Waals surface area contributed by atoms with Crippen LogP contribution in [0.3, 0.4) is 0 Å². The predicted molar refractivity (Wildman–Crippen MR) is 263 cm³/mol. The number of hydrogen-bond donors (Lipinski definition) is 0. The molecule has 0 radical (unpaired) electrons. The molecule has 0 spiro atoms. The van der Waals surface area contributed by atoms with Gasteiger partial charge in [-0.05, 0) is 144 Å². The average Bonchev–Trinajstić information content (AvgIpc) is 3.64. The number of aromatic nitrogens is 1. The van der Waals surface area contributed by atoms with E-state index < -0.39 is 0 Å². The molecule has 1 aliphatic rings. The fourth-order valence-electron chi connectivity index (χ4n) is 9.67. The molecule has 0 unspecified atom stereocenters. The van der Waals surface area contributed by atoms with E-state index in [4.69, 9.17) is 0 Å². The van der Waals surface area contributed by atoms with Gasteiger partial charge < -0.3 is 14.4 Å². The van der Waals surface area contributed by atoms with E-state index in [1.165, 1.54) is 77.7 Å². The molecule has 9 aromatic carbocycles. The second-order valence-electron chi connectivity index (χ2n) is 17.2. The quantitative estimate of drug-likeness (QED) is 0.159. The number of para-hydroxylation sites is 3. The molecule has 0 aliphatic carbocycles. The van der Waals surface area contributed by atoms with Crippen LogP contribution < -0.4 is 9.80 Å². The van der Waals surface area contributed by atoms with Gasteiger partial charge in [-0.15, -0.1) is 0 Å². The third-order valence-corrected chi connectivity index (χ3v) is 12.9. The van der Waals surface area contributed by atoms with E-state index in [0.717, 1.165) is 28.4 Å². The van der Waals surface area contributed by atoms with E-state index in [-0.39, 0.29) is 5.41 Å². The number of nitrogens with zero attached hydrogens (tertiary/aromatic N) is 3. The molecule has 10 aromatic rings. The van der Waals surface area contributed by atoms with Crippen molar-refractivity contribution in [2.24, 2.45) is 0 Å². The number of anilines is 6. The van der Waals surface area contributed by atoms with Crippen LogP contribution in [-0.2, 0) is 5.41 Å². The summed E-state index contributed by atoms with van der Waals surface area (Å²) in [5, 5.41) is 2.45. The van der Waals surface area contributed by atoms with E-state index >= 15 is 0 Å². The maximum absolute atomic E-state index is 2.44. The molecule has 11 rings (SSSR count). The Bertz CT molecular complexity index is 3190.